The van der Waals surface area contributed by atoms with E-state index in [4.69, 9.17) is 9.97 Å². The van der Waals surface area contributed by atoms with Crippen LogP contribution < -0.4 is 5.32 Å². The molecule has 0 aliphatic heterocycles. The number of carbonyl (C=O) groups excluding carboxylic acids is 1. The van der Waals surface area contributed by atoms with Crippen molar-refractivity contribution in [1.82, 2.24) is 9.97 Å². The third kappa shape index (κ3) is 4.86. The topological polar surface area (TPSA) is 75.1 Å². The van der Waals surface area contributed by atoms with Gasteiger partial charge in [-0.1, -0.05) is 32.1 Å². The van der Waals surface area contributed by atoms with E-state index in [1.165, 1.54) is 38.2 Å². The Hall–Kier alpha value is -2.34. The van der Waals surface area contributed by atoms with Crippen molar-refractivity contribution in [2.24, 2.45) is 5.92 Å². The maximum absolute atomic E-state index is 13.7. The number of aromatic nitrogens is 2. The Morgan fingerprint density at radius 2 is 2.03 bits per heavy atom. The number of benzene rings is 1. The summed E-state index contributed by atoms with van der Waals surface area (Å²) in [5.41, 5.74) is 4.33. The highest BCUT2D eigenvalue weighted by Gasteiger charge is 2.24. The molecular weight excluding hydrogens is 381 g/mol. The molecule has 4 rings (SSSR count). The lowest BCUT2D eigenvalue weighted by Crippen LogP contribution is -2.21. The third-order valence-electron chi connectivity index (χ3n) is 6.25. The van der Waals surface area contributed by atoms with Gasteiger partial charge in [0.05, 0.1) is 29.6 Å². The number of anilines is 1. The van der Waals surface area contributed by atoms with E-state index in [0.29, 0.717) is 24.6 Å². The van der Waals surface area contributed by atoms with Gasteiger partial charge < -0.3 is 10.4 Å². The first-order valence-corrected chi connectivity index (χ1v) is 11.2. The molecule has 0 bridgehead atoms. The van der Waals surface area contributed by atoms with E-state index >= 15 is 0 Å². The van der Waals surface area contributed by atoms with Crippen LogP contribution in [0.2, 0.25) is 0 Å². The number of rotatable bonds is 6. The second-order valence-corrected chi connectivity index (χ2v) is 8.76. The lowest BCUT2D eigenvalue weighted by atomic mass is 9.85. The van der Waals surface area contributed by atoms with Gasteiger partial charge in [0, 0.05) is 5.56 Å². The van der Waals surface area contributed by atoms with E-state index in [-0.39, 0.29) is 18.1 Å². The summed E-state index contributed by atoms with van der Waals surface area (Å²) in [6.07, 6.45) is 8.89. The van der Waals surface area contributed by atoms with Gasteiger partial charge in [0.1, 0.15) is 5.82 Å². The first-order valence-electron chi connectivity index (χ1n) is 11.2. The molecule has 1 fully saturated rings. The van der Waals surface area contributed by atoms with Crippen LogP contribution in [0, 0.1) is 11.7 Å². The summed E-state index contributed by atoms with van der Waals surface area (Å²) in [5, 5.41) is 12.4. The molecule has 1 amide bonds. The minimum atomic E-state index is -0.706. The number of hydrogen-bond acceptors (Lipinski definition) is 4. The Morgan fingerprint density at radius 3 is 2.80 bits per heavy atom. The molecule has 2 aliphatic rings. The van der Waals surface area contributed by atoms with Crippen LogP contribution in [-0.2, 0) is 24.1 Å². The summed E-state index contributed by atoms with van der Waals surface area (Å²) in [5.74, 6) is 0.723. The van der Waals surface area contributed by atoms with Crippen molar-refractivity contribution in [2.75, 3.05) is 5.32 Å². The molecule has 2 N–H and O–H groups in total. The molecular formula is C24H30FN3O2. The molecule has 5 nitrogen and oxygen atoms in total. The molecule has 1 heterocycles. The highest BCUT2D eigenvalue weighted by molar-refractivity contribution is 5.90. The molecule has 1 aromatic carbocycles. The smallest absolute Gasteiger partial charge is 0.228 e. The van der Waals surface area contributed by atoms with Gasteiger partial charge >= 0.3 is 0 Å². The zero-order valence-corrected chi connectivity index (χ0v) is 17.6. The van der Waals surface area contributed by atoms with Crippen LogP contribution in [-0.4, -0.2) is 27.1 Å². The molecule has 2 aliphatic carbocycles. The van der Waals surface area contributed by atoms with E-state index in [0.717, 1.165) is 41.1 Å². The van der Waals surface area contributed by atoms with Gasteiger partial charge in [0.25, 0.3) is 0 Å². The molecule has 1 saturated carbocycles. The van der Waals surface area contributed by atoms with Gasteiger partial charge in [-0.3, -0.25) is 4.79 Å². The Balaban J connectivity index is 1.64. The standard InChI is InChI=1S/C24H30FN3O2/c1-15(29)13-22(30)28-24-21(11-7-16-5-3-2-4-6-16)26-23-19-10-9-18(25)14-17(19)8-12-20(23)27-24/h9-10,14-16,29H,2-8,11-13H2,1H3,(H,27,28,30). The predicted molar refractivity (Wildman–Crippen MR) is 115 cm³/mol. The van der Waals surface area contributed by atoms with Crippen molar-refractivity contribution >= 4 is 11.7 Å². The zero-order chi connectivity index (χ0) is 21.1. The average molecular weight is 412 g/mol. The molecule has 30 heavy (non-hydrogen) atoms. The molecule has 2 aromatic rings. The SMILES string of the molecule is CC(O)CC(=O)Nc1nc2c(nc1CCC1CCCCC1)-c1ccc(F)cc1CC2. The van der Waals surface area contributed by atoms with E-state index in [2.05, 4.69) is 5.32 Å². The number of halogens is 1. The molecule has 1 aromatic heterocycles. The summed E-state index contributed by atoms with van der Waals surface area (Å²) in [6.45, 7) is 1.60. The molecule has 1 unspecified atom stereocenters. The van der Waals surface area contributed by atoms with Gasteiger partial charge in [-0.05, 0) is 62.3 Å². The quantitative estimate of drug-likeness (QED) is 0.728. The normalized spacial score (nSPS) is 17.2. The number of aryl methyl sites for hydroxylation is 3. The summed E-state index contributed by atoms with van der Waals surface area (Å²) in [7, 11) is 0. The van der Waals surface area contributed by atoms with Crippen LogP contribution in [0.25, 0.3) is 11.3 Å². The summed E-state index contributed by atoms with van der Waals surface area (Å²) in [6, 6.07) is 4.84. The molecule has 6 heteroatoms. The molecule has 160 valence electrons. The molecule has 0 spiro atoms. The van der Waals surface area contributed by atoms with Crippen molar-refractivity contribution in [2.45, 2.75) is 77.2 Å². The Kier molecular flexibility index (Phi) is 6.42. The van der Waals surface area contributed by atoms with Gasteiger partial charge in [0.2, 0.25) is 5.91 Å². The lowest BCUT2D eigenvalue weighted by molar-refractivity contribution is -0.117. The fourth-order valence-corrected chi connectivity index (χ4v) is 4.69. The van der Waals surface area contributed by atoms with E-state index < -0.39 is 6.10 Å². The summed E-state index contributed by atoms with van der Waals surface area (Å²) >= 11 is 0. The third-order valence-corrected chi connectivity index (χ3v) is 6.25. The van der Waals surface area contributed by atoms with Gasteiger partial charge in [-0.2, -0.15) is 0 Å². The number of nitrogens with one attached hydrogen (secondary N) is 1. The summed E-state index contributed by atoms with van der Waals surface area (Å²) < 4.78 is 13.7. The number of nitrogens with zero attached hydrogens (tertiary/aromatic N) is 2. The maximum atomic E-state index is 13.7. The Bertz CT molecular complexity index is 923. The minimum Gasteiger partial charge on any atom is -0.393 e. The molecule has 1 atom stereocenters. The van der Waals surface area contributed by atoms with Crippen LogP contribution in [0.15, 0.2) is 18.2 Å². The number of amides is 1. The lowest BCUT2D eigenvalue weighted by Gasteiger charge is -2.23. The number of hydrogen-bond donors (Lipinski definition) is 2. The first-order chi connectivity index (χ1) is 14.5. The van der Waals surface area contributed by atoms with Crippen molar-refractivity contribution in [3.05, 3.63) is 41.0 Å². The number of aliphatic hydroxyl groups excluding tert-OH is 1. The fraction of sp³-hybridized carbons (Fsp3) is 0.542. The first kappa shape index (κ1) is 20.9. The van der Waals surface area contributed by atoms with Gasteiger partial charge in [0.15, 0.2) is 5.82 Å². The van der Waals surface area contributed by atoms with Crippen LogP contribution in [0.5, 0.6) is 0 Å². The fourth-order valence-electron chi connectivity index (χ4n) is 4.69. The van der Waals surface area contributed by atoms with Crippen molar-refractivity contribution in [1.29, 1.82) is 0 Å². The average Bonchev–Trinajstić information content (AvgIpc) is 2.72. The second kappa shape index (κ2) is 9.21. The second-order valence-electron chi connectivity index (χ2n) is 8.76. The highest BCUT2D eigenvalue weighted by atomic mass is 19.1. The number of aliphatic hydroxyl groups is 1. The minimum absolute atomic E-state index is 0.0307. The molecule has 0 radical (unpaired) electrons. The largest absolute Gasteiger partial charge is 0.393 e. The van der Waals surface area contributed by atoms with Crippen LogP contribution in [0.4, 0.5) is 10.2 Å². The molecule has 0 saturated heterocycles. The van der Waals surface area contributed by atoms with E-state index in [1.807, 2.05) is 0 Å². The monoisotopic (exact) mass is 411 g/mol. The van der Waals surface area contributed by atoms with Crippen molar-refractivity contribution in [3.8, 4) is 11.3 Å². The number of fused-ring (bicyclic) bond motifs is 3. The van der Waals surface area contributed by atoms with Gasteiger partial charge in [-0.25, -0.2) is 14.4 Å². The van der Waals surface area contributed by atoms with Gasteiger partial charge in [-0.15, -0.1) is 0 Å². The van der Waals surface area contributed by atoms with E-state index in [9.17, 15) is 14.3 Å². The highest BCUT2D eigenvalue weighted by Crippen LogP contribution is 2.34. The van der Waals surface area contributed by atoms with Crippen molar-refractivity contribution in [3.63, 3.8) is 0 Å². The number of carbonyl (C=O) groups is 1. The van der Waals surface area contributed by atoms with Crippen LogP contribution in [0.1, 0.15) is 68.8 Å². The Labute approximate surface area is 177 Å². The van der Waals surface area contributed by atoms with E-state index in [1.54, 1.807) is 19.1 Å². The zero-order valence-electron chi connectivity index (χ0n) is 17.6. The summed E-state index contributed by atoms with van der Waals surface area (Å²) in [4.78, 5) is 22.0. The van der Waals surface area contributed by atoms with Crippen molar-refractivity contribution < 1.29 is 14.3 Å². The Morgan fingerprint density at radius 1 is 1.23 bits per heavy atom. The predicted octanol–water partition coefficient (Wildman–Crippen LogP) is 4.60. The van der Waals surface area contributed by atoms with Crippen LogP contribution >= 0.6 is 0 Å². The van der Waals surface area contributed by atoms with Crippen LogP contribution in [0.3, 0.4) is 0 Å². The maximum Gasteiger partial charge on any atom is 0.228 e.